The molecule has 0 unspecified atom stereocenters. The summed E-state index contributed by atoms with van der Waals surface area (Å²) in [5.41, 5.74) is -0.798. The van der Waals surface area contributed by atoms with Crippen molar-refractivity contribution in [2.45, 2.75) is 50.7 Å². The van der Waals surface area contributed by atoms with Crippen LogP contribution in [0.5, 0.6) is 0 Å². The number of aromatic nitrogens is 2. The van der Waals surface area contributed by atoms with E-state index in [-0.39, 0.29) is 22.5 Å². The van der Waals surface area contributed by atoms with E-state index in [4.69, 9.17) is 0 Å². The van der Waals surface area contributed by atoms with Gasteiger partial charge in [0, 0.05) is 23.4 Å². The molecule has 0 N–H and O–H groups in total. The van der Waals surface area contributed by atoms with Crippen molar-refractivity contribution in [1.82, 2.24) is 9.55 Å². The molecular weight excluding hydrogens is 339 g/mol. The fraction of sp³-hybridized carbons (Fsp3) is 0.500. The van der Waals surface area contributed by atoms with Crippen LogP contribution in [0, 0.1) is 10.1 Å². The van der Waals surface area contributed by atoms with E-state index < -0.39 is 23.3 Å². The number of halogens is 3. The molecule has 0 saturated heterocycles. The third kappa shape index (κ3) is 3.64. The number of nitro groups is 1. The van der Waals surface area contributed by atoms with Crippen molar-refractivity contribution in [3.8, 4) is 0 Å². The third-order valence-corrected chi connectivity index (χ3v) is 4.53. The number of hydrogen-bond acceptors (Lipinski definition) is 4. The second-order valence-electron chi connectivity index (χ2n) is 6.27. The average Bonchev–Trinajstić information content (AvgIpc) is 2.56. The van der Waals surface area contributed by atoms with E-state index >= 15 is 0 Å². The van der Waals surface area contributed by atoms with Crippen LogP contribution in [-0.2, 0) is 6.54 Å². The molecule has 0 aliphatic heterocycles. The first-order valence-electron chi connectivity index (χ1n) is 8.02. The van der Waals surface area contributed by atoms with Crippen LogP contribution < -0.4 is 5.69 Å². The van der Waals surface area contributed by atoms with Crippen molar-refractivity contribution < 1.29 is 18.1 Å². The maximum absolute atomic E-state index is 12.8. The minimum atomic E-state index is -4.59. The minimum Gasteiger partial charge on any atom is -0.283 e. The van der Waals surface area contributed by atoms with E-state index in [0.717, 1.165) is 38.2 Å². The second kappa shape index (κ2) is 6.45. The van der Waals surface area contributed by atoms with Crippen LogP contribution in [0.25, 0.3) is 10.9 Å². The lowest BCUT2D eigenvalue weighted by Gasteiger charge is -2.23. The van der Waals surface area contributed by atoms with Gasteiger partial charge in [0.2, 0.25) is 0 Å². The van der Waals surface area contributed by atoms with Gasteiger partial charge in [0.25, 0.3) is 5.69 Å². The highest BCUT2D eigenvalue weighted by molar-refractivity contribution is 5.84. The van der Waals surface area contributed by atoms with E-state index in [1.54, 1.807) is 0 Å². The van der Waals surface area contributed by atoms with Gasteiger partial charge >= 0.3 is 11.9 Å². The molecule has 0 radical (unpaired) electrons. The number of non-ortho nitro benzene ring substituents is 1. The van der Waals surface area contributed by atoms with Gasteiger partial charge in [-0.25, -0.2) is 4.79 Å². The summed E-state index contributed by atoms with van der Waals surface area (Å²) in [6, 6.07) is 3.53. The Kier molecular flexibility index (Phi) is 4.49. The highest BCUT2D eigenvalue weighted by Crippen LogP contribution is 2.35. The molecule has 25 heavy (non-hydrogen) atoms. The SMILES string of the molecule is O=c1nc(C2CCCCC2)c2cc([N+](=O)[O-])ccc2n1CC(F)(F)F. The van der Waals surface area contributed by atoms with Gasteiger partial charge in [-0.1, -0.05) is 19.3 Å². The van der Waals surface area contributed by atoms with Gasteiger partial charge in [0.05, 0.1) is 16.1 Å². The predicted octanol–water partition coefficient (Wildman–Crippen LogP) is 3.91. The summed E-state index contributed by atoms with van der Waals surface area (Å²) in [6.07, 6.45) is -0.115. The topological polar surface area (TPSA) is 78.0 Å². The maximum atomic E-state index is 12.8. The normalized spacial score (nSPS) is 16.3. The van der Waals surface area contributed by atoms with E-state index in [0.29, 0.717) is 10.3 Å². The van der Waals surface area contributed by atoms with E-state index in [2.05, 4.69) is 4.98 Å². The Bertz CT molecular complexity index is 871. The van der Waals surface area contributed by atoms with Gasteiger partial charge in [-0.3, -0.25) is 14.7 Å². The van der Waals surface area contributed by atoms with Crippen molar-refractivity contribution in [3.63, 3.8) is 0 Å². The fourth-order valence-corrected chi connectivity index (χ4v) is 3.42. The molecule has 1 aliphatic carbocycles. The molecule has 0 amide bonds. The highest BCUT2D eigenvalue weighted by Gasteiger charge is 2.31. The Balaban J connectivity index is 2.24. The number of rotatable bonds is 3. The molecule has 3 rings (SSSR count). The summed E-state index contributed by atoms with van der Waals surface area (Å²) < 4.78 is 39.0. The molecule has 1 aromatic carbocycles. The van der Waals surface area contributed by atoms with Crippen molar-refractivity contribution in [2.75, 3.05) is 0 Å². The van der Waals surface area contributed by atoms with Crippen LogP contribution in [0.3, 0.4) is 0 Å². The summed E-state index contributed by atoms with van der Waals surface area (Å²) in [7, 11) is 0. The molecule has 134 valence electrons. The predicted molar refractivity (Wildman–Crippen MR) is 84.5 cm³/mol. The van der Waals surface area contributed by atoms with Crippen LogP contribution in [0.4, 0.5) is 18.9 Å². The Morgan fingerprint density at radius 1 is 1.24 bits per heavy atom. The van der Waals surface area contributed by atoms with Gasteiger partial charge in [0.15, 0.2) is 0 Å². The molecule has 0 atom stereocenters. The average molecular weight is 355 g/mol. The van der Waals surface area contributed by atoms with Crippen LogP contribution in [0.15, 0.2) is 23.0 Å². The molecule has 1 saturated carbocycles. The number of benzene rings is 1. The summed E-state index contributed by atoms with van der Waals surface area (Å²) in [5.74, 6) is -0.0634. The second-order valence-corrected chi connectivity index (χ2v) is 6.27. The quantitative estimate of drug-likeness (QED) is 0.618. The van der Waals surface area contributed by atoms with E-state index in [9.17, 15) is 28.1 Å². The van der Waals surface area contributed by atoms with E-state index in [1.165, 1.54) is 12.1 Å². The first kappa shape index (κ1) is 17.4. The molecule has 0 bridgehead atoms. The number of nitrogens with zero attached hydrogens (tertiary/aromatic N) is 3. The third-order valence-electron chi connectivity index (χ3n) is 4.53. The Morgan fingerprint density at radius 3 is 2.52 bits per heavy atom. The zero-order valence-corrected chi connectivity index (χ0v) is 13.3. The fourth-order valence-electron chi connectivity index (χ4n) is 3.42. The zero-order chi connectivity index (χ0) is 18.2. The molecule has 6 nitrogen and oxygen atoms in total. The summed E-state index contributed by atoms with van der Waals surface area (Å²) in [5, 5.41) is 11.3. The largest absolute Gasteiger partial charge is 0.406 e. The smallest absolute Gasteiger partial charge is 0.283 e. The lowest BCUT2D eigenvalue weighted by atomic mass is 9.85. The first-order valence-corrected chi connectivity index (χ1v) is 8.02. The molecule has 9 heteroatoms. The zero-order valence-electron chi connectivity index (χ0n) is 13.3. The molecule has 1 aliphatic rings. The summed E-state index contributed by atoms with van der Waals surface area (Å²) in [4.78, 5) is 26.5. The Labute approximate surface area is 140 Å². The van der Waals surface area contributed by atoms with Crippen LogP contribution >= 0.6 is 0 Å². The standard InChI is InChI=1S/C16H16F3N3O3/c17-16(18,19)9-21-13-7-6-11(22(24)25)8-12(13)14(20-15(21)23)10-4-2-1-3-5-10/h6-8,10H,1-5,9H2. The monoisotopic (exact) mass is 355 g/mol. The van der Waals surface area contributed by atoms with E-state index in [1.807, 2.05) is 0 Å². The van der Waals surface area contributed by atoms with Gasteiger partial charge in [-0.2, -0.15) is 18.2 Å². The molecule has 1 fully saturated rings. The Hall–Kier alpha value is -2.45. The molecule has 1 aromatic heterocycles. The molecule has 0 spiro atoms. The number of alkyl halides is 3. The van der Waals surface area contributed by atoms with Crippen molar-refractivity contribution in [1.29, 1.82) is 0 Å². The van der Waals surface area contributed by atoms with Crippen LogP contribution in [0.2, 0.25) is 0 Å². The minimum absolute atomic E-state index is 0.0310. The van der Waals surface area contributed by atoms with Gasteiger partial charge < -0.3 is 0 Å². The lowest BCUT2D eigenvalue weighted by molar-refractivity contribution is -0.384. The van der Waals surface area contributed by atoms with Crippen LogP contribution in [0.1, 0.15) is 43.7 Å². The maximum Gasteiger partial charge on any atom is 0.406 e. The van der Waals surface area contributed by atoms with Crippen molar-refractivity contribution in [2.24, 2.45) is 0 Å². The van der Waals surface area contributed by atoms with Crippen molar-refractivity contribution >= 4 is 16.6 Å². The molecule has 2 aromatic rings. The summed E-state index contributed by atoms with van der Waals surface area (Å²) >= 11 is 0. The van der Waals surface area contributed by atoms with Crippen molar-refractivity contribution in [3.05, 3.63) is 44.5 Å². The number of fused-ring (bicyclic) bond motifs is 1. The first-order chi connectivity index (χ1) is 11.8. The number of nitro benzene ring substituents is 1. The van der Waals surface area contributed by atoms with Gasteiger partial charge in [0.1, 0.15) is 6.54 Å². The highest BCUT2D eigenvalue weighted by atomic mass is 19.4. The Morgan fingerprint density at radius 2 is 1.92 bits per heavy atom. The molecular formula is C16H16F3N3O3. The van der Waals surface area contributed by atoms with Crippen LogP contribution in [-0.4, -0.2) is 20.7 Å². The number of hydrogen-bond donors (Lipinski definition) is 0. The summed E-state index contributed by atoms with van der Waals surface area (Å²) in [6.45, 7) is -1.47. The van der Waals surface area contributed by atoms with Gasteiger partial charge in [-0.05, 0) is 18.9 Å². The molecule has 1 heterocycles. The lowest BCUT2D eigenvalue weighted by Crippen LogP contribution is -2.31. The van der Waals surface area contributed by atoms with Gasteiger partial charge in [-0.15, -0.1) is 0 Å².